The molecule has 0 bridgehead atoms. The summed E-state index contributed by atoms with van der Waals surface area (Å²) in [5.41, 5.74) is 1.22. The fourth-order valence-electron chi connectivity index (χ4n) is 2.69. The SMILES string of the molecule is CC(C)CNCc1ccoc1COCC1CC=CCC1C. The molecule has 0 spiro atoms. The molecular formula is C18H29NO2. The van der Waals surface area contributed by atoms with Crippen molar-refractivity contribution in [3.05, 3.63) is 35.8 Å². The van der Waals surface area contributed by atoms with Crippen molar-refractivity contribution in [2.45, 2.75) is 46.8 Å². The Morgan fingerprint density at radius 2 is 2.14 bits per heavy atom. The summed E-state index contributed by atoms with van der Waals surface area (Å²) in [6.45, 7) is 10.0. The van der Waals surface area contributed by atoms with Crippen LogP contribution in [0.2, 0.25) is 0 Å². The van der Waals surface area contributed by atoms with Gasteiger partial charge in [-0.1, -0.05) is 32.9 Å². The minimum absolute atomic E-state index is 0.582. The maximum absolute atomic E-state index is 5.90. The van der Waals surface area contributed by atoms with E-state index in [9.17, 15) is 0 Å². The third-order valence-electron chi connectivity index (χ3n) is 4.19. The third-order valence-corrected chi connectivity index (χ3v) is 4.19. The quantitative estimate of drug-likeness (QED) is 0.731. The minimum Gasteiger partial charge on any atom is -0.467 e. The monoisotopic (exact) mass is 291 g/mol. The summed E-state index contributed by atoms with van der Waals surface area (Å²) in [5, 5.41) is 3.45. The fraction of sp³-hybridized carbons (Fsp3) is 0.667. The summed E-state index contributed by atoms with van der Waals surface area (Å²) in [6, 6.07) is 2.04. The molecule has 118 valence electrons. The highest BCUT2D eigenvalue weighted by Gasteiger charge is 2.18. The molecule has 0 aliphatic heterocycles. The van der Waals surface area contributed by atoms with Crippen LogP contribution >= 0.6 is 0 Å². The van der Waals surface area contributed by atoms with Gasteiger partial charge in [-0.2, -0.15) is 0 Å². The highest BCUT2D eigenvalue weighted by Crippen LogP contribution is 2.25. The van der Waals surface area contributed by atoms with Gasteiger partial charge in [0, 0.05) is 12.1 Å². The predicted octanol–water partition coefficient (Wildman–Crippen LogP) is 4.14. The van der Waals surface area contributed by atoms with Crippen LogP contribution in [0.5, 0.6) is 0 Å². The van der Waals surface area contributed by atoms with Crippen LogP contribution in [0.15, 0.2) is 28.9 Å². The van der Waals surface area contributed by atoms with Gasteiger partial charge < -0.3 is 14.5 Å². The summed E-state index contributed by atoms with van der Waals surface area (Å²) in [4.78, 5) is 0. The molecular weight excluding hydrogens is 262 g/mol. The molecule has 1 N–H and O–H groups in total. The molecule has 1 heterocycles. The maximum atomic E-state index is 5.90. The molecule has 0 amide bonds. The Bertz CT molecular complexity index is 436. The van der Waals surface area contributed by atoms with Gasteiger partial charge in [0.15, 0.2) is 0 Å². The lowest BCUT2D eigenvalue weighted by molar-refractivity contribution is 0.0577. The van der Waals surface area contributed by atoms with Crippen molar-refractivity contribution in [2.24, 2.45) is 17.8 Å². The maximum Gasteiger partial charge on any atom is 0.133 e. The van der Waals surface area contributed by atoms with E-state index in [0.29, 0.717) is 18.4 Å². The summed E-state index contributed by atoms with van der Waals surface area (Å²) < 4.78 is 11.5. The molecule has 1 aliphatic carbocycles. The zero-order valence-electron chi connectivity index (χ0n) is 13.6. The number of hydrogen-bond donors (Lipinski definition) is 1. The van der Waals surface area contributed by atoms with Gasteiger partial charge in [-0.25, -0.2) is 0 Å². The first-order valence-electron chi connectivity index (χ1n) is 8.15. The van der Waals surface area contributed by atoms with Crippen LogP contribution in [0.1, 0.15) is 44.9 Å². The van der Waals surface area contributed by atoms with Crippen molar-refractivity contribution in [1.29, 1.82) is 0 Å². The zero-order valence-corrected chi connectivity index (χ0v) is 13.6. The first kappa shape index (κ1) is 16.3. The second kappa shape index (κ2) is 8.40. The summed E-state index contributed by atoms with van der Waals surface area (Å²) in [5.74, 6) is 2.99. The van der Waals surface area contributed by atoms with Crippen molar-refractivity contribution in [1.82, 2.24) is 5.32 Å². The van der Waals surface area contributed by atoms with Crippen LogP contribution in [-0.4, -0.2) is 13.2 Å². The number of rotatable bonds is 8. The first-order valence-corrected chi connectivity index (χ1v) is 8.15. The van der Waals surface area contributed by atoms with Crippen LogP contribution in [0.4, 0.5) is 0 Å². The van der Waals surface area contributed by atoms with Crippen molar-refractivity contribution >= 4 is 0 Å². The number of furan rings is 1. The summed E-state index contributed by atoms with van der Waals surface area (Å²) in [7, 11) is 0. The largest absolute Gasteiger partial charge is 0.467 e. The van der Waals surface area contributed by atoms with E-state index in [0.717, 1.165) is 37.8 Å². The van der Waals surface area contributed by atoms with E-state index in [2.05, 4.69) is 38.2 Å². The molecule has 3 heteroatoms. The lowest BCUT2D eigenvalue weighted by atomic mass is 9.85. The Kier molecular flexibility index (Phi) is 6.52. The first-order chi connectivity index (χ1) is 10.2. The average Bonchev–Trinajstić information content (AvgIpc) is 2.88. The summed E-state index contributed by atoms with van der Waals surface area (Å²) >= 11 is 0. The van der Waals surface area contributed by atoms with E-state index < -0.39 is 0 Å². The molecule has 1 aromatic heterocycles. The van der Waals surface area contributed by atoms with Crippen molar-refractivity contribution in [3.63, 3.8) is 0 Å². The molecule has 1 aliphatic rings. The van der Waals surface area contributed by atoms with Crippen LogP contribution in [0.3, 0.4) is 0 Å². The third kappa shape index (κ3) is 5.33. The van der Waals surface area contributed by atoms with E-state index in [1.807, 2.05) is 6.07 Å². The Balaban J connectivity index is 1.73. The van der Waals surface area contributed by atoms with Gasteiger partial charge in [0.2, 0.25) is 0 Å². The van der Waals surface area contributed by atoms with Gasteiger partial charge >= 0.3 is 0 Å². The molecule has 0 saturated heterocycles. The average molecular weight is 291 g/mol. The minimum atomic E-state index is 0.582. The summed E-state index contributed by atoms with van der Waals surface area (Å²) in [6.07, 6.45) is 8.65. The lowest BCUT2D eigenvalue weighted by Crippen LogP contribution is -2.20. The molecule has 0 fully saturated rings. The number of ether oxygens (including phenoxy) is 1. The molecule has 1 aromatic rings. The van der Waals surface area contributed by atoms with Gasteiger partial charge in [0.25, 0.3) is 0 Å². The van der Waals surface area contributed by atoms with E-state index >= 15 is 0 Å². The van der Waals surface area contributed by atoms with Crippen LogP contribution in [0, 0.1) is 17.8 Å². The van der Waals surface area contributed by atoms with Crippen molar-refractivity contribution in [3.8, 4) is 0 Å². The van der Waals surface area contributed by atoms with Crippen LogP contribution < -0.4 is 5.32 Å². The molecule has 0 saturated carbocycles. The van der Waals surface area contributed by atoms with Gasteiger partial charge in [0.1, 0.15) is 12.4 Å². The number of nitrogens with one attached hydrogen (secondary N) is 1. The van der Waals surface area contributed by atoms with Gasteiger partial charge in [-0.15, -0.1) is 0 Å². The van der Waals surface area contributed by atoms with Gasteiger partial charge in [-0.05, 0) is 43.2 Å². The fourth-order valence-corrected chi connectivity index (χ4v) is 2.69. The number of allylic oxidation sites excluding steroid dienone is 2. The van der Waals surface area contributed by atoms with E-state index in [-0.39, 0.29) is 0 Å². The number of hydrogen-bond acceptors (Lipinski definition) is 3. The van der Waals surface area contributed by atoms with Crippen LogP contribution in [-0.2, 0) is 17.9 Å². The Labute approximate surface area is 128 Å². The van der Waals surface area contributed by atoms with Gasteiger partial charge in [0.05, 0.1) is 12.9 Å². The highest BCUT2D eigenvalue weighted by molar-refractivity contribution is 5.16. The molecule has 2 unspecified atom stereocenters. The van der Waals surface area contributed by atoms with E-state index in [1.165, 1.54) is 12.0 Å². The topological polar surface area (TPSA) is 34.4 Å². The molecule has 2 atom stereocenters. The molecule has 2 rings (SSSR count). The van der Waals surface area contributed by atoms with Crippen LogP contribution in [0.25, 0.3) is 0 Å². The molecule has 3 nitrogen and oxygen atoms in total. The van der Waals surface area contributed by atoms with Crippen molar-refractivity contribution in [2.75, 3.05) is 13.2 Å². The molecule has 0 radical (unpaired) electrons. The standard InChI is InChI=1S/C18H29NO2/c1-14(2)10-19-11-16-8-9-21-18(16)13-20-12-17-7-5-4-6-15(17)3/h4-5,8-9,14-15,17,19H,6-7,10-13H2,1-3H3. The Hall–Kier alpha value is -1.06. The second-order valence-electron chi connectivity index (χ2n) is 6.59. The van der Waals surface area contributed by atoms with E-state index in [1.54, 1.807) is 6.26 Å². The Morgan fingerprint density at radius 1 is 1.33 bits per heavy atom. The highest BCUT2D eigenvalue weighted by atomic mass is 16.5. The van der Waals surface area contributed by atoms with Gasteiger partial charge in [-0.3, -0.25) is 0 Å². The lowest BCUT2D eigenvalue weighted by Gasteiger charge is -2.24. The normalized spacial score (nSPS) is 22.1. The van der Waals surface area contributed by atoms with Crippen molar-refractivity contribution < 1.29 is 9.15 Å². The van der Waals surface area contributed by atoms with E-state index in [4.69, 9.17) is 9.15 Å². The second-order valence-corrected chi connectivity index (χ2v) is 6.59. The Morgan fingerprint density at radius 3 is 2.90 bits per heavy atom. The smallest absolute Gasteiger partial charge is 0.133 e. The molecule has 0 aromatic carbocycles. The predicted molar refractivity (Wildman–Crippen MR) is 85.9 cm³/mol. The molecule has 21 heavy (non-hydrogen) atoms. The zero-order chi connectivity index (χ0) is 15.1.